The molecule has 0 aliphatic rings. The van der Waals surface area contributed by atoms with Crippen LogP contribution in [0, 0.1) is 6.92 Å². The molecule has 2 aromatic heterocycles. The van der Waals surface area contributed by atoms with Gasteiger partial charge in [0.25, 0.3) is 0 Å². The zero-order chi connectivity index (χ0) is 21.3. The van der Waals surface area contributed by atoms with Gasteiger partial charge in [-0.3, -0.25) is 4.98 Å². The van der Waals surface area contributed by atoms with Gasteiger partial charge in [0.05, 0.1) is 29.0 Å². The topological polar surface area (TPSA) is 41.9 Å². The molecule has 4 rings (SSSR count). The Bertz CT molecular complexity index is 1180. The number of pyridine rings is 1. The normalized spacial score (nSPS) is 11.6. The molecule has 0 radical (unpaired) electrons. The first kappa shape index (κ1) is 20.1. The molecule has 0 saturated heterocycles. The van der Waals surface area contributed by atoms with Crippen LogP contribution in [0.2, 0.25) is 5.02 Å². The largest absolute Gasteiger partial charge is 0.417 e. The Morgan fingerprint density at radius 1 is 1.00 bits per heavy atom. The zero-order valence-corrected chi connectivity index (χ0v) is 16.7. The van der Waals surface area contributed by atoms with Crippen molar-refractivity contribution in [3.05, 3.63) is 83.3 Å². The van der Waals surface area contributed by atoms with Crippen molar-refractivity contribution in [2.75, 3.05) is 17.3 Å². The highest BCUT2D eigenvalue weighted by Crippen LogP contribution is 2.36. The predicted molar refractivity (Wildman–Crippen MR) is 114 cm³/mol. The second-order valence-electron chi connectivity index (χ2n) is 6.84. The SMILES string of the molecule is Cc1cn(-c2ccc(NCNc3ccc(Cl)c(C(F)(F)F)c3)cc2)c2cnccc12. The Kier molecular flexibility index (Phi) is 5.30. The summed E-state index contributed by atoms with van der Waals surface area (Å²) < 4.78 is 41.0. The highest BCUT2D eigenvalue weighted by molar-refractivity contribution is 6.31. The van der Waals surface area contributed by atoms with Crippen molar-refractivity contribution in [3.63, 3.8) is 0 Å². The number of fused-ring (bicyclic) bond motifs is 1. The number of hydrogen-bond donors (Lipinski definition) is 2. The number of halogens is 4. The molecule has 2 aromatic carbocycles. The van der Waals surface area contributed by atoms with Gasteiger partial charge in [0.15, 0.2) is 0 Å². The van der Waals surface area contributed by atoms with Gasteiger partial charge in [-0.05, 0) is 61.0 Å². The number of alkyl halides is 3. The standard InChI is InChI=1S/C22H18ClF3N4/c1-14-12-30(21-11-27-9-8-18(14)21)17-5-2-15(3-6-17)28-13-29-16-4-7-20(23)19(10-16)22(24,25)26/h2-12,28-29H,13H2,1H3. The maximum Gasteiger partial charge on any atom is 0.417 e. The van der Waals surface area contributed by atoms with Gasteiger partial charge in [-0.15, -0.1) is 0 Å². The molecule has 0 amide bonds. The zero-order valence-electron chi connectivity index (χ0n) is 16.0. The summed E-state index contributed by atoms with van der Waals surface area (Å²) in [4.78, 5) is 4.21. The van der Waals surface area contributed by atoms with Crippen molar-refractivity contribution in [1.29, 1.82) is 0 Å². The van der Waals surface area contributed by atoms with Crippen LogP contribution >= 0.6 is 11.6 Å². The van der Waals surface area contributed by atoms with E-state index >= 15 is 0 Å². The fraction of sp³-hybridized carbons (Fsp3) is 0.136. The molecule has 2 heterocycles. The molecular formula is C22H18ClF3N4. The molecule has 0 unspecified atom stereocenters. The molecule has 4 nitrogen and oxygen atoms in total. The summed E-state index contributed by atoms with van der Waals surface area (Å²) in [7, 11) is 0. The molecule has 0 spiro atoms. The molecule has 154 valence electrons. The quantitative estimate of drug-likeness (QED) is 0.356. The van der Waals surface area contributed by atoms with E-state index in [1.54, 1.807) is 6.20 Å². The first-order valence-corrected chi connectivity index (χ1v) is 9.57. The number of aromatic nitrogens is 2. The van der Waals surface area contributed by atoms with Crippen LogP contribution in [-0.4, -0.2) is 16.2 Å². The van der Waals surface area contributed by atoms with E-state index in [9.17, 15) is 13.2 Å². The predicted octanol–water partition coefficient (Wildman–Crippen LogP) is 6.49. The summed E-state index contributed by atoms with van der Waals surface area (Å²) in [5, 5.41) is 6.89. The number of benzene rings is 2. The number of rotatable bonds is 5. The Hall–Kier alpha value is -3.19. The van der Waals surface area contributed by atoms with E-state index in [1.807, 2.05) is 36.5 Å². The van der Waals surface area contributed by atoms with Gasteiger partial charge in [-0.2, -0.15) is 13.2 Å². The van der Waals surface area contributed by atoms with Crippen molar-refractivity contribution in [2.45, 2.75) is 13.1 Å². The lowest BCUT2D eigenvalue weighted by atomic mass is 10.2. The van der Waals surface area contributed by atoms with Crippen LogP contribution in [0.1, 0.15) is 11.1 Å². The second kappa shape index (κ2) is 7.91. The third-order valence-corrected chi connectivity index (χ3v) is 5.14. The van der Waals surface area contributed by atoms with Gasteiger partial charge >= 0.3 is 6.18 Å². The highest BCUT2D eigenvalue weighted by Gasteiger charge is 2.33. The smallest absolute Gasteiger partial charge is 0.368 e. The molecular weight excluding hydrogens is 413 g/mol. The average Bonchev–Trinajstić information content (AvgIpc) is 3.06. The molecule has 0 saturated carbocycles. The van der Waals surface area contributed by atoms with Crippen LogP contribution < -0.4 is 10.6 Å². The molecule has 0 aliphatic heterocycles. The van der Waals surface area contributed by atoms with Gasteiger partial charge in [-0.1, -0.05) is 11.6 Å². The minimum absolute atomic E-state index is 0.258. The van der Waals surface area contributed by atoms with E-state index in [0.29, 0.717) is 5.69 Å². The summed E-state index contributed by atoms with van der Waals surface area (Å²) in [6.07, 6.45) is 1.18. The molecule has 0 bridgehead atoms. The maximum atomic E-state index is 13.0. The van der Waals surface area contributed by atoms with E-state index in [-0.39, 0.29) is 11.7 Å². The third-order valence-electron chi connectivity index (χ3n) is 4.81. The third kappa shape index (κ3) is 4.07. The van der Waals surface area contributed by atoms with Crippen molar-refractivity contribution < 1.29 is 13.2 Å². The molecule has 2 N–H and O–H groups in total. The molecule has 4 aromatic rings. The lowest BCUT2D eigenvalue weighted by Crippen LogP contribution is -2.13. The van der Waals surface area contributed by atoms with Crippen LogP contribution in [0.5, 0.6) is 0 Å². The second-order valence-corrected chi connectivity index (χ2v) is 7.25. The van der Waals surface area contributed by atoms with Crippen LogP contribution in [0.25, 0.3) is 16.6 Å². The van der Waals surface area contributed by atoms with Gasteiger partial charge in [0, 0.05) is 34.8 Å². The summed E-state index contributed by atoms with van der Waals surface area (Å²) in [6, 6.07) is 13.5. The van der Waals surface area contributed by atoms with Crippen LogP contribution in [0.4, 0.5) is 24.5 Å². The van der Waals surface area contributed by atoms with E-state index in [1.165, 1.54) is 17.7 Å². The Labute approximate surface area is 176 Å². The summed E-state index contributed by atoms with van der Waals surface area (Å²) in [5.74, 6) is 0. The van der Waals surface area contributed by atoms with Gasteiger partial charge in [0.1, 0.15) is 0 Å². The van der Waals surface area contributed by atoms with E-state index in [0.717, 1.165) is 28.3 Å². The minimum atomic E-state index is -4.49. The lowest BCUT2D eigenvalue weighted by Gasteiger charge is -2.14. The number of aryl methyl sites for hydroxylation is 1. The lowest BCUT2D eigenvalue weighted by molar-refractivity contribution is -0.137. The molecule has 8 heteroatoms. The first-order chi connectivity index (χ1) is 14.3. The minimum Gasteiger partial charge on any atom is -0.368 e. The summed E-state index contributed by atoms with van der Waals surface area (Å²) >= 11 is 5.64. The summed E-state index contributed by atoms with van der Waals surface area (Å²) in [5.41, 5.74) is 3.50. The van der Waals surface area contributed by atoms with Crippen molar-refractivity contribution in [1.82, 2.24) is 9.55 Å². The van der Waals surface area contributed by atoms with Crippen LogP contribution in [0.15, 0.2) is 67.1 Å². The fourth-order valence-corrected chi connectivity index (χ4v) is 3.52. The Morgan fingerprint density at radius 2 is 1.70 bits per heavy atom. The Balaban J connectivity index is 1.43. The Morgan fingerprint density at radius 3 is 2.43 bits per heavy atom. The maximum absolute atomic E-state index is 13.0. The first-order valence-electron chi connectivity index (χ1n) is 9.19. The van der Waals surface area contributed by atoms with E-state index < -0.39 is 11.7 Å². The van der Waals surface area contributed by atoms with Crippen molar-refractivity contribution in [2.24, 2.45) is 0 Å². The molecule has 0 atom stereocenters. The van der Waals surface area contributed by atoms with Gasteiger partial charge in [0.2, 0.25) is 0 Å². The number of anilines is 2. The monoisotopic (exact) mass is 430 g/mol. The molecule has 30 heavy (non-hydrogen) atoms. The number of hydrogen-bond acceptors (Lipinski definition) is 3. The van der Waals surface area contributed by atoms with Crippen molar-refractivity contribution in [3.8, 4) is 5.69 Å². The van der Waals surface area contributed by atoms with Gasteiger partial charge in [-0.25, -0.2) is 0 Å². The number of nitrogens with one attached hydrogen (secondary N) is 2. The summed E-state index contributed by atoms with van der Waals surface area (Å²) in [6.45, 7) is 2.31. The number of nitrogens with zero attached hydrogens (tertiary/aromatic N) is 2. The van der Waals surface area contributed by atoms with Crippen LogP contribution in [-0.2, 0) is 6.18 Å². The fourth-order valence-electron chi connectivity index (χ4n) is 3.30. The molecule has 0 fully saturated rings. The van der Waals surface area contributed by atoms with Crippen molar-refractivity contribution >= 4 is 33.9 Å². The molecule has 0 aliphatic carbocycles. The average molecular weight is 431 g/mol. The van der Waals surface area contributed by atoms with E-state index in [2.05, 4.69) is 33.3 Å². The highest BCUT2D eigenvalue weighted by atomic mass is 35.5. The van der Waals surface area contributed by atoms with Gasteiger partial charge < -0.3 is 15.2 Å². The van der Waals surface area contributed by atoms with E-state index in [4.69, 9.17) is 11.6 Å². The van der Waals surface area contributed by atoms with Crippen LogP contribution in [0.3, 0.4) is 0 Å².